The van der Waals surface area contributed by atoms with Gasteiger partial charge in [-0.05, 0) is 43.0 Å². The highest BCUT2D eigenvalue weighted by Crippen LogP contribution is 2.29. The summed E-state index contributed by atoms with van der Waals surface area (Å²) in [5, 5.41) is 13.7. The fraction of sp³-hybridized carbons (Fsp3) is 0.318. The second-order valence-corrected chi connectivity index (χ2v) is 9.17. The zero-order valence-corrected chi connectivity index (χ0v) is 18.7. The van der Waals surface area contributed by atoms with Crippen molar-refractivity contribution < 1.29 is 4.79 Å². The summed E-state index contributed by atoms with van der Waals surface area (Å²) >= 11 is 14.0. The van der Waals surface area contributed by atoms with Crippen LogP contribution in [0.25, 0.3) is 5.69 Å². The van der Waals surface area contributed by atoms with Crippen molar-refractivity contribution in [2.24, 2.45) is 0 Å². The largest absolute Gasteiger partial charge is 0.353 e. The molecule has 1 aromatic heterocycles. The summed E-state index contributed by atoms with van der Waals surface area (Å²) < 4.78 is 2.02. The molecule has 0 spiro atoms. The topological polar surface area (TPSA) is 59.8 Å². The molecule has 0 radical (unpaired) electrons. The van der Waals surface area contributed by atoms with Gasteiger partial charge >= 0.3 is 0 Å². The third-order valence-electron chi connectivity index (χ3n) is 4.79. The molecule has 8 heteroatoms. The summed E-state index contributed by atoms with van der Waals surface area (Å²) in [6.45, 7) is 0. The van der Waals surface area contributed by atoms with Gasteiger partial charge in [0.1, 0.15) is 5.82 Å². The molecule has 156 valence electrons. The lowest BCUT2D eigenvalue weighted by Crippen LogP contribution is -2.25. The Balaban J connectivity index is 1.50. The van der Waals surface area contributed by atoms with Gasteiger partial charge in [0.05, 0.1) is 15.7 Å². The van der Waals surface area contributed by atoms with Crippen molar-refractivity contribution in [3.8, 4) is 5.69 Å². The first-order valence-corrected chi connectivity index (χ1v) is 11.7. The minimum atomic E-state index is 0.133. The number of hydrogen-bond donors (Lipinski definition) is 1. The van der Waals surface area contributed by atoms with E-state index >= 15 is 0 Å². The number of halogens is 2. The van der Waals surface area contributed by atoms with Gasteiger partial charge < -0.3 is 5.32 Å². The fourth-order valence-corrected chi connectivity index (χ4v) is 4.30. The number of nitrogens with one attached hydrogen (secondary N) is 1. The van der Waals surface area contributed by atoms with Crippen LogP contribution in [0, 0.1) is 0 Å². The fourth-order valence-electron chi connectivity index (χ4n) is 3.09. The molecule has 3 aromatic rings. The van der Waals surface area contributed by atoms with E-state index in [4.69, 9.17) is 23.2 Å². The number of nitrogens with zero attached hydrogens (tertiary/aromatic N) is 3. The molecule has 0 saturated heterocycles. The van der Waals surface area contributed by atoms with Crippen molar-refractivity contribution in [1.82, 2.24) is 20.1 Å². The van der Waals surface area contributed by atoms with Gasteiger partial charge in [0.2, 0.25) is 5.91 Å². The van der Waals surface area contributed by atoms with E-state index in [1.165, 1.54) is 0 Å². The lowest BCUT2D eigenvalue weighted by Gasteiger charge is -2.11. The maximum Gasteiger partial charge on any atom is 0.220 e. The molecule has 0 atom stereocenters. The molecule has 1 heterocycles. The molecule has 1 amide bonds. The Kier molecular flexibility index (Phi) is 6.97. The van der Waals surface area contributed by atoms with E-state index in [1.807, 2.05) is 34.9 Å². The molecular formula is C22H22Cl2N4OS. The molecule has 1 N–H and O–H groups in total. The van der Waals surface area contributed by atoms with Crippen LogP contribution in [0.4, 0.5) is 0 Å². The number of benzene rings is 2. The normalized spacial score (nSPS) is 13.4. The van der Waals surface area contributed by atoms with E-state index in [2.05, 4.69) is 27.6 Å². The Morgan fingerprint density at radius 2 is 1.90 bits per heavy atom. The molecule has 0 aliphatic heterocycles. The van der Waals surface area contributed by atoms with E-state index in [9.17, 15) is 4.79 Å². The second-order valence-electron chi connectivity index (χ2n) is 7.29. The van der Waals surface area contributed by atoms with Gasteiger partial charge in [-0.15, -0.1) is 10.2 Å². The van der Waals surface area contributed by atoms with Gasteiger partial charge in [-0.3, -0.25) is 9.36 Å². The van der Waals surface area contributed by atoms with Gasteiger partial charge in [-0.1, -0.05) is 65.3 Å². The van der Waals surface area contributed by atoms with Crippen LogP contribution in [0.15, 0.2) is 53.7 Å². The first-order chi connectivity index (χ1) is 14.6. The number of carbonyl (C=O) groups is 1. The van der Waals surface area contributed by atoms with Crippen LogP contribution in [-0.2, 0) is 11.2 Å². The molecule has 0 unspecified atom stereocenters. The smallest absolute Gasteiger partial charge is 0.220 e. The standard InChI is InChI=1S/C22H22Cl2N4OS/c23-18-11-10-17(14-19(18)24)28-20(13-15-5-2-1-3-6-15)26-27-22(28)30-12-4-7-21(29)25-16-8-9-16/h1-3,5-6,10-11,14,16H,4,7-9,12-13H2,(H,25,29). The summed E-state index contributed by atoms with van der Waals surface area (Å²) in [6.07, 6.45) is 4.18. The van der Waals surface area contributed by atoms with Crippen molar-refractivity contribution in [2.75, 3.05) is 5.75 Å². The second kappa shape index (κ2) is 9.86. The molecule has 2 aromatic carbocycles. The number of rotatable bonds is 9. The molecule has 1 fully saturated rings. The maximum atomic E-state index is 11.9. The predicted octanol–water partition coefficient (Wildman–Crippen LogP) is 5.32. The third kappa shape index (κ3) is 5.56. The summed E-state index contributed by atoms with van der Waals surface area (Å²) in [5.41, 5.74) is 2.02. The molecule has 0 bridgehead atoms. The van der Waals surface area contributed by atoms with Crippen LogP contribution < -0.4 is 5.32 Å². The minimum Gasteiger partial charge on any atom is -0.353 e. The van der Waals surface area contributed by atoms with E-state index < -0.39 is 0 Å². The van der Waals surface area contributed by atoms with Crippen molar-refractivity contribution in [1.29, 1.82) is 0 Å². The monoisotopic (exact) mass is 460 g/mol. The van der Waals surface area contributed by atoms with Crippen LogP contribution in [0.1, 0.15) is 37.1 Å². The first-order valence-electron chi connectivity index (χ1n) is 9.96. The Bertz CT molecular complexity index is 1020. The Morgan fingerprint density at radius 1 is 1.10 bits per heavy atom. The van der Waals surface area contributed by atoms with E-state index in [0.29, 0.717) is 28.9 Å². The Morgan fingerprint density at radius 3 is 2.63 bits per heavy atom. The number of thioether (sulfide) groups is 1. The van der Waals surface area contributed by atoms with E-state index in [-0.39, 0.29) is 5.91 Å². The van der Waals surface area contributed by atoms with Gasteiger partial charge in [0.15, 0.2) is 5.16 Å². The summed E-state index contributed by atoms with van der Waals surface area (Å²) in [7, 11) is 0. The minimum absolute atomic E-state index is 0.133. The van der Waals surface area contributed by atoms with E-state index in [1.54, 1.807) is 17.8 Å². The molecule has 4 rings (SSSR count). The van der Waals surface area contributed by atoms with Crippen molar-refractivity contribution in [3.63, 3.8) is 0 Å². The van der Waals surface area contributed by atoms with E-state index in [0.717, 1.165) is 47.2 Å². The zero-order chi connectivity index (χ0) is 20.9. The number of hydrogen-bond acceptors (Lipinski definition) is 4. The number of carbonyl (C=O) groups excluding carboxylic acids is 1. The SMILES string of the molecule is O=C(CCCSc1nnc(Cc2ccccc2)n1-c1ccc(Cl)c(Cl)c1)NC1CC1. The molecule has 1 aliphatic carbocycles. The summed E-state index contributed by atoms with van der Waals surface area (Å²) in [4.78, 5) is 11.9. The number of aromatic nitrogens is 3. The summed E-state index contributed by atoms with van der Waals surface area (Å²) in [6, 6.07) is 16.1. The summed E-state index contributed by atoms with van der Waals surface area (Å²) in [5.74, 6) is 1.74. The molecule has 1 aliphatic rings. The van der Waals surface area contributed by atoms with Crippen molar-refractivity contribution in [2.45, 2.75) is 43.3 Å². The average molecular weight is 461 g/mol. The molecule has 30 heavy (non-hydrogen) atoms. The molecular weight excluding hydrogens is 439 g/mol. The Labute approximate surface area is 190 Å². The van der Waals surface area contributed by atoms with Crippen LogP contribution in [0.5, 0.6) is 0 Å². The Hall–Kier alpha value is -2.02. The van der Waals surface area contributed by atoms with Gasteiger partial charge in [-0.25, -0.2) is 0 Å². The van der Waals surface area contributed by atoms with Gasteiger partial charge in [0.25, 0.3) is 0 Å². The van der Waals surface area contributed by atoms with Crippen molar-refractivity contribution >= 4 is 40.9 Å². The highest BCUT2D eigenvalue weighted by molar-refractivity contribution is 7.99. The first kappa shape index (κ1) is 21.2. The quantitative estimate of drug-likeness (QED) is 0.346. The third-order valence-corrected chi connectivity index (χ3v) is 6.54. The molecule has 5 nitrogen and oxygen atoms in total. The van der Waals surface area contributed by atoms with Crippen LogP contribution in [0.3, 0.4) is 0 Å². The highest BCUT2D eigenvalue weighted by atomic mass is 35.5. The lowest BCUT2D eigenvalue weighted by atomic mass is 10.1. The molecule has 1 saturated carbocycles. The highest BCUT2D eigenvalue weighted by Gasteiger charge is 2.23. The maximum absolute atomic E-state index is 11.9. The van der Waals surface area contributed by atoms with Crippen LogP contribution >= 0.6 is 35.0 Å². The van der Waals surface area contributed by atoms with Gasteiger partial charge in [0, 0.05) is 24.6 Å². The van der Waals surface area contributed by atoms with Crippen molar-refractivity contribution in [3.05, 3.63) is 70.0 Å². The number of amides is 1. The average Bonchev–Trinajstić information content (AvgIpc) is 3.47. The van der Waals surface area contributed by atoms with Gasteiger partial charge in [-0.2, -0.15) is 0 Å². The van der Waals surface area contributed by atoms with Crippen LogP contribution in [-0.4, -0.2) is 32.5 Å². The van der Waals surface area contributed by atoms with Crippen LogP contribution in [0.2, 0.25) is 10.0 Å². The lowest BCUT2D eigenvalue weighted by molar-refractivity contribution is -0.121. The zero-order valence-electron chi connectivity index (χ0n) is 16.4. The predicted molar refractivity (Wildman–Crippen MR) is 122 cm³/mol.